The molecule has 1 aromatic heterocycles. The predicted octanol–water partition coefficient (Wildman–Crippen LogP) is 3.43. The largest absolute Gasteiger partial charge is 0.422 e. The minimum atomic E-state index is -0.879. The van der Waals surface area contributed by atoms with E-state index in [1.807, 2.05) is 0 Å². The van der Waals surface area contributed by atoms with Crippen LogP contribution in [-0.2, 0) is 0 Å². The van der Waals surface area contributed by atoms with E-state index in [0.29, 0.717) is 10.9 Å². The zero-order valence-electron chi connectivity index (χ0n) is 14.3. The number of ether oxygens (including phenoxy) is 1. The van der Waals surface area contributed by atoms with Crippen molar-refractivity contribution < 1.29 is 23.7 Å². The van der Waals surface area contributed by atoms with Crippen molar-refractivity contribution in [3.05, 3.63) is 79.7 Å². The van der Waals surface area contributed by atoms with Crippen LogP contribution in [0.2, 0.25) is 0 Å². The summed E-state index contributed by atoms with van der Waals surface area (Å²) in [6.07, 6.45) is 0. The maximum absolute atomic E-state index is 12.4. The second kappa shape index (κ2) is 6.83. The number of carbonyl (C=O) groups excluding carboxylic acids is 2. The van der Waals surface area contributed by atoms with Crippen LogP contribution in [0, 0.1) is 17.0 Å². The summed E-state index contributed by atoms with van der Waals surface area (Å²) in [5.74, 6) is -1.44. The number of nitro benzene ring substituents is 1. The van der Waals surface area contributed by atoms with Gasteiger partial charge in [-0.25, -0.2) is 9.59 Å². The number of aryl methyl sites for hydroxylation is 1. The number of hydrogen-bond acceptors (Lipinski definition) is 7. The maximum atomic E-state index is 12.4. The van der Waals surface area contributed by atoms with Gasteiger partial charge in [-0.2, -0.15) is 0 Å². The third-order valence-electron chi connectivity index (χ3n) is 3.93. The number of benzene rings is 2. The SMILES string of the molecule is CC(=O)c1c(OC(=O)c2cccc([N+](=O)[O-])c2)ccc2c(C)cc(=O)oc12. The second-order valence-electron chi connectivity index (χ2n) is 5.82. The molecule has 8 heteroatoms. The van der Waals surface area contributed by atoms with Crippen LogP contribution in [0.1, 0.15) is 33.2 Å². The van der Waals surface area contributed by atoms with Crippen LogP contribution in [0.25, 0.3) is 11.0 Å². The van der Waals surface area contributed by atoms with Gasteiger partial charge in [0.05, 0.1) is 10.5 Å². The topological polar surface area (TPSA) is 117 Å². The van der Waals surface area contributed by atoms with Crippen molar-refractivity contribution in [3.63, 3.8) is 0 Å². The van der Waals surface area contributed by atoms with Crippen LogP contribution in [0.15, 0.2) is 51.7 Å². The van der Waals surface area contributed by atoms with E-state index in [4.69, 9.17) is 9.15 Å². The summed E-state index contributed by atoms with van der Waals surface area (Å²) in [4.78, 5) is 46.4. The molecule has 8 nitrogen and oxygen atoms in total. The first-order chi connectivity index (χ1) is 12.8. The number of carbonyl (C=O) groups is 2. The van der Waals surface area contributed by atoms with Crippen LogP contribution in [0.3, 0.4) is 0 Å². The van der Waals surface area contributed by atoms with Crippen molar-refractivity contribution in [1.82, 2.24) is 0 Å². The Kier molecular flexibility index (Phi) is 4.55. The Hall–Kier alpha value is -3.81. The van der Waals surface area contributed by atoms with Gasteiger partial charge in [0.1, 0.15) is 11.3 Å². The molecular weight excluding hydrogens is 354 g/mol. The summed E-state index contributed by atoms with van der Waals surface area (Å²) >= 11 is 0. The summed E-state index contributed by atoms with van der Waals surface area (Å²) in [5, 5.41) is 11.4. The number of rotatable bonds is 4. The van der Waals surface area contributed by atoms with Crippen molar-refractivity contribution in [3.8, 4) is 5.75 Å². The van der Waals surface area contributed by atoms with Gasteiger partial charge in [0, 0.05) is 23.6 Å². The Bertz CT molecular complexity index is 1160. The molecule has 0 atom stereocenters. The minimum Gasteiger partial charge on any atom is -0.422 e. The normalized spacial score (nSPS) is 10.6. The number of hydrogen-bond donors (Lipinski definition) is 0. The Morgan fingerprint density at radius 2 is 1.89 bits per heavy atom. The molecule has 0 amide bonds. The van der Waals surface area contributed by atoms with Gasteiger partial charge in [-0.05, 0) is 37.6 Å². The van der Waals surface area contributed by atoms with Crippen molar-refractivity contribution in [2.24, 2.45) is 0 Å². The lowest BCUT2D eigenvalue weighted by molar-refractivity contribution is -0.384. The van der Waals surface area contributed by atoms with Crippen LogP contribution in [0.4, 0.5) is 5.69 Å². The molecule has 0 spiro atoms. The van der Waals surface area contributed by atoms with Crippen LogP contribution in [0.5, 0.6) is 5.75 Å². The molecule has 0 aliphatic rings. The Labute approximate surface area is 152 Å². The molecule has 1 heterocycles. The Morgan fingerprint density at radius 3 is 2.56 bits per heavy atom. The summed E-state index contributed by atoms with van der Waals surface area (Å²) in [7, 11) is 0. The quantitative estimate of drug-likeness (QED) is 0.173. The van der Waals surface area contributed by atoms with Crippen LogP contribution in [-0.4, -0.2) is 16.7 Å². The van der Waals surface area contributed by atoms with E-state index in [2.05, 4.69) is 0 Å². The summed E-state index contributed by atoms with van der Waals surface area (Å²) in [5.41, 5.74) is -0.366. The van der Waals surface area contributed by atoms with E-state index in [1.54, 1.807) is 13.0 Å². The smallest absolute Gasteiger partial charge is 0.343 e. The first-order valence-corrected chi connectivity index (χ1v) is 7.83. The number of fused-ring (bicyclic) bond motifs is 1. The highest BCUT2D eigenvalue weighted by Gasteiger charge is 2.21. The molecule has 0 radical (unpaired) electrons. The van der Waals surface area contributed by atoms with Crippen LogP contribution >= 0.6 is 0 Å². The summed E-state index contributed by atoms with van der Waals surface area (Å²) < 4.78 is 10.4. The molecule has 2 aromatic carbocycles. The first-order valence-electron chi connectivity index (χ1n) is 7.83. The zero-order chi connectivity index (χ0) is 19.7. The molecule has 0 fully saturated rings. The molecule has 0 aliphatic carbocycles. The fourth-order valence-corrected chi connectivity index (χ4v) is 2.69. The molecule has 0 saturated carbocycles. The lowest BCUT2D eigenvalue weighted by Crippen LogP contribution is -2.12. The molecule has 0 aliphatic heterocycles. The minimum absolute atomic E-state index is 0.0249. The molecular formula is C19H13NO7. The fraction of sp³-hybridized carbons (Fsp3) is 0.105. The van der Waals surface area contributed by atoms with Gasteiger partial charge in [-0.3, -0.25) is 14.9 Å². The Balaban J connectivity index is 2.09. The summed E-state index contributed by atoms with van der Waals surface area (Å²) in [6.45, 7) is 2.94. The lowest BCUT2D eigenvalue weighted by atomic mass is 10.0. The number of esters is 1. The van der Waals surface area contributed by atoms with E-state index >= 15 is 0 Å². The highest BCUT2D eigenvalue weighted by molar-refractivity contribution is 6.08. The van der Waals surface area contributed by atoms with Gasteiger partial charge in [-0.1, -0.05) is 6.07 Å². The highest BCUT2D eigenvalue weighted by atomic mass is 16.6. The van der Waals surface area contributed by atoms with Crippen molar-refractivity contribution in [2.75, 3.05) is 0 Å². The number of non-ortho nitro benzene ring substituents is 1. The van der Waals surface area contributed by atoms with Gasteiger partial charge < -0.3 is 9.15 Å². The molecule has 3 rings (SSSR count). The zero-order valence-corrected chi connectivity index (χ0v) is 14.3. The number of nitro groups is 1. The molecule has 0 N–H and O–H groups in total. The molecule has 136 valence electrons. The number of nitrogens with zero attached hydrogens (tertiary/aromatic N) is 1. The van der Waals surface area contributed by atoms with E-state index in [1.165, 1.54) is 37.3 Å². The molecule has 0 bridgehead atoms. The highest BCUT2D eigenvalue weighted by Crippen LogP contribution is 2.30. The van der Waals surface area contributed by atoms with Gasteiger partial charge >= 0.3 is 11.6 Å². The van der Waals surface area contributed by atoms with E-state index in [0.717, 1.165) is 6.07 Å². The fourth-order valence-electron chi connectivity index (χ4n) is 2.69. The lowest BCUT2D eigenvalue weighted by Gasteiger charge is -2.11. The van der Waals surface area contributed by atoms with Gasteiger partial charge in [0.25, 0.3) is 5.69 Å². The summed E-state index contributed by atoms with van der Waals surface area (Å²) in [6, 6.07) is 9.29. The molecule has 0 saturated heterocycles. The van der Waals surface area contributed by atoms with Gasteiger partial charge in [0.2, 0.25) is 0 Å². The number of Topliss-reactive ketones (excluding diaryl/α,β-unsaturated/α-hetero) is 1. The number of ketones is 1. The predicted molar refractivity (Wildman–Crippen MR) is 95.3 cm³/mol. The van der Waals surface area contributed by atoms with Gasteiger partial charge in [-0.15, -0.1) is 0 Å². The average molecular weight is 367 g/mol. The van der Waals surface area contributed by atoms with Crippen LogP contribution < -0.4 is 10.4 Å². The molecule has 27 heavy (non-hydrogen) atoms. The third kappa shape index (κ3) is 3.45. The van der Waals surface area contributed by atoms with Crippen molar-refractivity contribution in [1.29, 1.82) is 0 Å². The van der Waals surface area contributed by atoms with Crippen molar-refractivity contribution in [2.45, 2.75) is 13.8 Å². The average Bonchev–Trinajstić information content (AvgIpc) is 2.60. The Morgan fingerprint density at radius 1 is 1.15 bits per heavy atom. The standard InChI is InChI=1S/C19H13NO7/c1-10-8-16(22)27-18-14(10)6-7-15(17(18)11(2)21)26-19(23)12-4-3-5-13(9-12)20(24)25/h3-9H,1-2H3. The maximum Gasteiger partial charge on any atom is 0.343 e. The third-order valence-corrected chi connectivity index (χ3v) is 3.93. The van der Waals surface area contributed by atoms with Crippen molar-refractivity contribution >= 4 is 28.4 Å². The van der Waals surface area contributed by atoms with E-state index in [-0.39, 0.29) is 28.1 Å². The molecule has 0 unspecified atom stereocenters. The van der Waals surface area contributed by atoms with Gasteiger partial charge in [0.15, 0.2) is 11.4 Å². The van der Waals surface area contributed by atoms with E-state index < -0.39 is 22.3 Å². The first kappa shape index (κ1) is 18.0. The molecule has 3 aromatic rings. The van der Waals surface area contributed by atoms with E-state index in [9.17, 15) is 24.5 Å². The second-order valence-corrected chi connectivity index (χ2v) is 5.82. The monoisotopic (exact) mass is 367 g/mol.